The summed E-state index contributed by atoms with van der Waals surface area (Å²) >= 11 is 0. The predicted octanol–water partition coefficient (Wildman–Crippen LogP) is 1.74. The molecule has 0 amide bonds. The number of nitriles is 1. The lowest BCUT2D eigenvalue weighted by Gasteiger charge is -2.11. The fourth-order valence-corrected chi connectivity index (χ4v) is 1.49. The first-order valence-corrected chi connectivity index (χ1v) is 4.69. The quantitative estimate of drug-likeness (QED) is 0.816. The molecule has 0 atom stereocenters. The van der Waals surface area contributed by atoms with Gasteiger partial charge in [0.25, 0.3) is 6.43 Å². The fourth-order valence-electron chi connectivity index (χ4n) is 1.49. The van der Waals surface area contributed by atoms with Crippen molar-refractivity contribution in [3.8, 4) is 6.07 Å². The maximum atomic E-state index is 12.6. The molecule has 1 rings (SSSR count). The number of nitrogens with two attached hydrogens (primary N) is 1. The number of esters is 1. The van der Waals surface area contributed by atoms with Gasteiger partial charge < -0.3 is 10.5 Å². The van der Waals surface area contributed by atoms with E-state index >= 15 is 0 Å². The zero-order valence-electron chi connectivity index (χ0n) is 9.04. The molecule has 1 aromatic carbocycles. The fraction of sp³-hybridized carbons (Fsp3) is 0.273. The van der Waals surface area contributed by atoms with E-state index in [0.717, 1.165) is 13.2 Å². The maximum absolute atomic E-state index is 12.6. The Morgan fingerprint density at radius 2 is 2.24 bits per heavy atom. The molecule has 0 aromatic heterocycles. The van der Waals surface area contributed by atoms with E-state index in [1.165, 1.54) is 6.07 Å². The number of halogens is 2. The average molecular weight is 240 g/mol. The first-order valence-electron chi connectivity index (χ1n) is 4.69. The van der Waals surface area contributed by atoms with Crippen LogP contribution in [0, 0.1) is 11.3 Å². The third-order valence-corrected chi connectivity index (χ3v) is 2.30. The molecule has 0 aliphatic carbocycles. The summed E-state index contributed by atoms with van der Waals surface area (Å²) in [6.45, 7) is -0.187. The predicted molar refractivity (Wildman–Crippen MR) is 55.3 cm³/mol. The highest BCUT2D eigenvalue weighted by Crippen LogP contribution is 2.27. The van der Waals surface area contributed by atoms with Crippen molar-refractivity contribution in [1.82, 2.24) is 0 Å². The van der Waals surface area contributed by atoms with E-state index in [-0.39, 0.29) is 23.2 Å². The van der Waals surface area contributed by atoms with E-state index in [9.17, 15) is 13.6 Å². The highest BCUT2D eigenvalue weighted by molar-refractivity contribution is 5.92. The van der Waals surface area contributed by atoms with E-state index in [1.807, 2.05) is 0 Å². The molecule has 0 radical (unpaired) electrons. The number of benzene rings is 1. The maximum Gasteiger partial charge on any atom is 0.338 e. The first kappa shape index (κ1) is 13.1. The van der Waals surface area contributed by atoms with Crippen LogP contribution < -0.4 is 5.73 Å². The van der Waals surface area contributed by atoms with Crippen LogP contribution in [0.5, 0.6) is 0 Å². The smallest absolute Gasteiger partial charge is 0.338 e. The summed E-state index contributed by atoms with van der Waals surface area (Å²) in [5.41, 5.74) is 4.81. The summed E-state index contributed by atoms with van der Waals surface area (Å²) in [6, 6.07) is 3.88. The number of methoxy groups -OCH3 is 1. The van der Waals surface area contributed by atoms with Gasteiger partial charge in [0.05, 0.1) is 24.3 Å². The Balaban J connectivity index is 3.50. The molecule has 0 heterocycles. The lowest BCUT2D eigenvalue weighted by molar-refractivity contribution is 0.0599. The topological polar surface area (TPSA) is 76.1 Å². The minimum atomic E-state index is -2.79. The van der Waals surface area contributed by atoms with Crippen molar-refractivity contribution in [2.24, 2.45) is 5.73 Å². The van der Waals surface area contributed by atoms with Crippen LogP contribution >= 0.6 is 0 Å². The van der Waals surface area contributed by atoms with Gasteiger partial charge >= 0.3 is 5.97 Å². The van der Waals surface area contributed by atoms with Crippen LogP contribution in [0.3, 0.4) is 0 Å². The molecular weight excluding hydrogens is 230 g/mol. The largest absolute Gasteiger partial charge is 0.465 e. The normalized spacial score (nSPS) is 10.1. The van der Waals surface area contributed by atoms with Crippen molar-refractivity contribution in [3.63, 3.8) is 0 Å². The van der Waals surface area contributed by atoms with Crippen LogP contribution in [0.2, 0.25) is 0 Å². The second kappa shape index (κ2) is 5.37. The standard InChI is InChI=1S/C11H10F2N2O2/c1-17-11(16)7-3-2-6(10(12)13)8(4-14)9(7)5-15/h2-3,10H,5,15H2,1H3. The van der Waals surface area contributed by atoms with E-state index in [0.29, 0.717) is 0 Å². The molecule has 0 aliphatic heterocycles. The number of hydrogen-bond donors (Lipinski definition) is 1. The third kappa shape index (κ3) is 2.40. The SMILES string of the molecule is COC(=O)c1ccc(C(F)F)c(C#N)c1CN. The Morgan fingerprint density at radius 3 is 2.65 bits per heavy atom. The molecule has 0 spiro atoms. The summed E-state index contributed by atoms with van der Waals surface area (Å²) in [6.07, 6.45) is -2.79. The zero-order chi connectivity index (χ0) is 13.0. The Morgan fingerprint density at radius 1 is 1.59 bits per heavy atom. The van der Waals surface area contributed by atoms with Crippen LogP contribution in [0.15, 0.2) is 12.1 Å². The summed E-state index contributed by atoms with van der Waals surface area (Å²) < 4.78 is 29.8. The zero-order valence-corrected chi connectivity index (χ0v) is 9.04. The summed E-state index contributed by atoms with van der Waals surface area (Å²) in [4.78, 5) is 11.4. The average Bonchev–Trinajstić information content (AvgIpc) is 2.35. The molecule has 90 valence electrons. The van der Waals surface area contributed by atoms with Crippen molar-refractivity contribution < 1.29 is 18.3 Å². The second-order valence-corrected chi connectivity index (χ2v) is 3.16. The third-order valence-electron chi connectivity index (χ3n) is 2.30. The molecule has 4 nitrogen and oxygen atoms in total. The molecule has 2 N–H and O–H groups in total. The Hall–Kier alpha value is -2.00. The van der Waals surface area contributed by atoms with Gasteiger partial charge in [-0.15, -0.1) is 0 Å². The molecule has 0 fully saturated rings. The van der Waals surface area contributed by atoms with Crippen molar-refractivity contribution in [2.45, 2.75) is 13.0 Å². The highest BCUT2D eigenvalue weighted by atomic mass is 19.3. The van der Waals surface area contributed by atoms with E-state index in [2.05, 4.69) is 4.74 Å². The van der Waals surface area contributed by atoms with Gasteiger partial charge in [-0.25, -0.2) is 13.6 Å². The van der Waals surface area contributed by atoms with Crippen molar-refractivity contribution in [2.75, 3.05) is 7.11 Å². The van der Waals surface area contributed by atoms with Gasteiger partial charge in [-0.3, -0.25) is 0 Å². The minimum absolute atomic E-state index is 0.0379. The summed E-state index contributed by atoms with van der Waals surface area (Å²) in [5.74, 6) is -0.706. The number of alkyl halides is 2. The molecule has 0 saturated carbocycles. The summed E-state index contributed by atoms with van der Waals surface area (Å²) in [7, 11) is 1.16. The highest BCUT2D eigenvalue weighted by Gasteiger charge is 2.21. The van der Waals surface area contributed by atoms with E-state index < -0.39 is 18.0 Å². The molecule has 0 unspecified atom stereocenters. The number of ether oxygens (including phenoxy) is 1. The second-order valence-electron chi connectivity index (χ2n) is 3.16. The van der Waals surface area contributed by atoms with Crippen LogP contribution in [0.25, 0.3) is 0 Å². The van der Waals surface area contributed by atoms with Crippen molar-refractivity contribution >= 4 is 5.97 Å². The van der Waals surface area contributed by atoms with Gasteiger partial charge in [-0.1, -0.05) is 6.07 Å². The molecule has 0 aliphatic rings. The first-order chi connectivity index (χ1) is 8.06. The van der Waals surface area contributed by atoms with Gasteiger partial charge in [0.15, 0.2) is 0 Å². The van der Waals surface area contributed by atoms with Gasteiger partial charge in [0, 0.05) is 12.1 Å². The molecular formula is C11H10F2N2O2. The number of rotatable bonds is 3. The van der Waals surface area contributed by atoms with Gasteiger partial charge in [0.1, 0.15) is 0 Å². The Kier molecular flexibility index (Phi) is 4.12. The molecule has 1 aromatic rings. The van der Waals surface area contributed by atoms with E-state index in [4.69, 9.17) is 11.0 Å². The van der Waals surface area contributed by atoms with Crippen LogP contribution in [-0.4, -0.2) is 13.1 Å². The lowest BCUT2D eigenvalue weighted by atomic mass is 9.96. The van der Waals surface area contributed by atoms with Crippen molar-refractivity contribution in [1.29, 1.82) is 5.26 Å². The summed E-state index contributed by atoms with van der Waals surface area (Å²) in [5, 5.41) is 8.87. The molecule has 17 heavy (non-hydrogen) atoms. The van der Waals surface area contributed by atoms with Crippen LogP contribution in [0.4, 0.5) is 8.78 Å². The minimum Gasteiger partial charge on any atom is -0.465 e. The number of carbonyl (C=O) groups excluding carboxylic acids is 1. The van der Waals surface area contributed by atoms with Crippen LogP contribution in [-0.2, 0) is 11.3 Å². The Labute approximate surface area is 96.6 Å². The van der Waals surface area contributed by atoms with Gasteiger partial charge in [0.2, 0.25) is 0 Å². The number of nitrogens with zero attached hydrogens (tertiary/aromatic N) is 1. The van der Waals surface area contributed by atoms with Gasteiger partial charge in [-0.2, -0.15) is 5.26 Å². The van der Waals surface area contributed by atoms with Crippen molar-refractivity contribution in [3.05, 3.63) is 34.4 Å². The lowest BCUT2D eigenvalue weighted by Crippen LogP contribution is -2.12. The number of carbonyl (C=O) groups is 1. The molecule has 0 saturated heterocycles. The monoisotopic (exact) mass is 240 g/mol. The Bertz CT molecular complexity index is 481. The number of hydrogen-bond acceptors (Lipinski definition) is 4. The van der Waals surface area contributed by atoms with Crippen LogP contribution in [0.1, 0.15) is 33.5 Å². The van der Waals surface area contributed by atoms with E-state index in [1.54, 1.807) is 6.07 Å². The molecule has 0 bridgehead atoms. The van der Waals surface area contributed by atoms with Gasteiger partial charge in [-0.05, 0) is 11.6 Å². The molecule has 6 heteroatoms.